The summed E-state index contributed by atoms with van der Waals surface area (Å²) in [5.41, 5.74) is -3.02. The third-order valence-corrected chi connectivity index (χ3v) is 7.02. The van der Waals surface area contributed by atoms with Crippen molar-refractivity contribution in [3.63, 3.8) is 0 Å². The number of alkyl halides is 6. The molecule has 4 rings (SSSR count). The van der Waals surface area contributed by atoms with Crippen LogP contribution in [0.25, 0.3) is 11.3 Å². The van der Waals surface area contributed by atoms with Crippen molar-refractivity contribution in [3.8, 4) is 11.3 Å². The molecule has 0 aliphatic carbocycles. The second-order valence-corrected chi connectivity index (χ2v) is 9.81. The Morgan fingerprint density at radius 2 is 1.82 bits per heavy atom. The van der Waals surface area contributed by atoms with Crippen molar-refractivity contribution in [2.75, 3.05) is 46.0 Å². The van der Waals surface area contributed by atoms with Gasteiger partial charge in [0.05, 0.1) is 42.1 Å². The van der Waals surface area contributed by atoms with Crippen molar-refractivity contribution < 1.29 is 45.7 Å². The zero-order valence-electron chi connectivity index (χ0n) is 21.4. The van der Waals surface area contributed by atoms with Gasteiger partial charge in [-0.3, -0.25) is 9.69 Å². The normalized spacial score (nSPS) is 19.8. The number of hydrogen-bond acceptors (Lipinski definition) is 5. The summed E-state index contributed by atoms with van der Waals surface area (Å²) in [6.07, 6.45) is -9.69. The number of aromatic nitrogens is 1. The molecule has 7 nitrogen and oxygen atoms in total. The molecule has 1 amide bonds. The molecule has 2 aliphatic rings. The summed E-state index contributed by atoms with van der Waals surface area (Å²) < 4.78 is 94.6. The number of nitrogens with one attached hydrogen (secondary N) is 1. The van der Waals surface area contributed by atoms with Crippen LogP contribution in [0.4, 0.5) is 26.3 Å². The second-order valence-electron chi connectivity index (χ2n) is 9.81. The average molecular weight is 564 g/mol. The molecule has 13 heteroatoms. The molecule has 3 heterocycles. The predicted molar refractivity (Wildman–Crippen MR) is 129 cm³/mol. The van der Waals surface area contributed by atoms with E-state index in [0.29, 0.717) is 64.1 Å². The van der Waals surface area contributed by atoms with E-state index in [1.54, 1.807) is 0 Å². The average Bonchev–Trinajstić information content (AvgIpc) is 3.50. The molecule has 2 fully saturated rings. The Labute approximate surface area is 221 Å². The number of aliphatic hydroxyl groups is 1. The number of morpholine rings is 1. The summed E-state index contributed by atoms with van der Waals surface area (Å²) >= 11 is 0. The summed E-state index contributed by atoms with van der Waals surface area (Å²) in [7, 11) is 0. The van der Waals surface area contributed by atoms with E-state index in [9.17, 15) is 36.2 Å². The smallest absolute Gasteiger partial charge is 0.390 e. The lowest BCUT2D eigenvalue weighted by atomic mass is 9.99. The van der Waals surface area contributed by atoms with E-state index in [4.69, 9.17) is 9.47 Å². The first-order chi connectivity index (χ1) is 18.3. The van der Waals surface area contributed by atoms with Crippen molar-refractivity contribution in [3.05, 3.63) is 46.6 Å². The summed E-state index contributed by atoms with van der Waals surface area (Å²) in [5, 5.41) is 13.0. The molecule has 1 unspecified atom stereocenters. The van der Waals surface area contributed by atoms with Gasteiger partial charge in [-0.1, -0.05) is 0 Å². The number of aliphatic hydroxyl groups excluding tert-OH is 1. The number of ether oxygens (including phenoxy) is 2. The van der Waals surface area contributed by atoms with Crippen LogP contribution in [0.5, 0.6) is 0 Å². The Hall–Kier alpha value is -2.61. The van der Waals surface area contributed by atoms with Crippen LogP contribution < -0.4 is 5.32 Å². The lowest BCUT2D eigenvalue weighted by molar-refractivity contribution is -0.141. The van der Waals surface area contributed by atoms with Crippen LogP contribution in [0.1, 0.15) is 40.0 Å². The van der Waals surface area contributed by atoms with Crippen molar-refractivity contribution in [1.82, 2.24) is 14.8 Å². The van der Waals surface area contributed by atoms with Crippen LogP contribution in [-0.4, -0.2) is 78.7 Å². The van der Waals surface area contributed by atoms with Crippen molar-refractivity contribution in [1.29, 1.82) is 0 Å². The van der Waals surface area contributed by atoms with Crippen LogP contribution in [0.3, 0.4) is 0 Å². The van der Waals surface area contributed by atoms with E-state index in [-0.39, 0.29) is 36.1 Å². The third kappa shape index (κ3) is 7.13. The fraction of sp³-hybridized carbons (Fsp3) is 0.577. The molecule has 0 bridgehead atoms. The largest absolute Gasteiger partial charge is 0.417 e. The molecule has 2 saturated heterocycles. The first-order valence-electron chi connectivity index (χ1n) is 12.7. The SMILES string of the molecule is Cc1c(C(=O)NCC(O)CN2CCOCC2)cc(-c2cc(C(F)(F)F)ccc2C(F)(F)F)n1C[C@H]1CCCO1. The molecule has 2 atom stereocenters. The van der Waals surface area contributed by atoms with Crippen molar-refractivity contribution in [2.24, 2.45) is 0 Å². The molecule has 1 aromatic heterocycles. The molecule has 2 N–H and O–H groups in total. The molecular weight excluding hydrogens is 532 g/mol. The fourth-order valence-corrected chi connectivity index (χ4v) is 4.96. The second kappa shape index (κ2) is 11.9. The maximum absolute atomic E-state index is 13.9. The maximum Gasteiger partial charge on any atom is 0.417 e. The fourth-order valence-electron chi connectivity index (χ4n) is 4.96. The lowest BCUT2D eigenvalue weighted by Crippen LogP contribution is -2.44. The van der Waals surface area contributed by atoms with Gasteiger partial charge in [0, 0.05) is 56.3 Å². The van der Waals surface area contributed by atoms with Gasteiger partial charge < -0.3 is 24.5 Å². The van der Waals surface area contributed by atoms with Crippen LogP contribution in [0.2, 0.25) is 0 Å². The first-order valence-corrected chi connectivity index (χ1v) is 12.7. The predicted octanol–water partition coefficient (Wildman–Crippen LogP) is 4.10. The molecule has 0 saturated carbocycles. The summed E-state index contributed by atoms with van der Waals surface area (Å²) in [5.74, 6) is -0.651. The zero-order valence-corrected chi connectivity index (χ0v) is 21.4. The topological polar surface area (TPSA) is 76.0 Å². The summed E-state index contributed by atoms with van der Waals surface area (Å²) in [6.45, 7) is 4.60. The molecule has 0 radical (unpaired) electrons. The minimum absolute atomic E-state index is 0.00658. The molecule has 216 valence electrons. The van der Waals surface area contributed by atoms with Crippen LogP contribution in [-0.2, 0) is 28.4 Å². The zero-order chi connectivity index (χ0) is 28.4. The van der Waals surface area contributed by atoms with Gasteiger partial charge in [-0.15, -0.1) is 0 Å². The van der Waals surface area contributed by atoms with Gasteiger partial charge in [-0.05, 0) is 44.0 Å². The number of benzene rings is 1. The number of halogens is 6. The number of hydrogen-bond donors (Lipinski definition) is 2. The van der Waals surface area contributed by atoms with Gasteiger partial charge in [0.1, 0.15) is 0 Å². The third-order valence-electron chi connectivity index (χ3n) is 7.02. The highest BCUT2D eigenvalue weighted by atomic mass is 19.4. The van der Waals surface area contributed by atoms with Gasteiger partial charge in [-0.2, -0.15) is 26.3 Å². The Bertz CT molecular complexity index is 1150. The Kier molecular flexibility index (Phi) is 8.94. The molecule has 2 aliphatic heterocycles. The molecule has 0 spiro atoms. The van der Waals surface area contributed by atoms with E-state index in [1.165, 1.54) is 17.6 Å². The first kappa shape index (κ1) is 29.4. The lowest BCUT2D eigenvalue weighted by Gasteiger charge is -2.28. The number of rotatable bonds is 8. The van der Waals surface area contributed by atoms with Gasteiger partial charge in [0.25, 0.3) is 5.91 Å². The number of carbonyl (C=O) groups excluding carboxylic acids is 1. The Morgan fingerprint density at radius 1 is 1.10 bits per heavy atom. The number of nitrogens with zero attached hydrogens (tertiary/aromatic N) is 2. The van der Waals surface area contributed by atoms with Crippen LogP contribution in [0.15, 0.2) is 24.3 Å². The number of carbonyl (C=O) groups is 1. The Morgan fingerprint density at radius 3 is 2.44 bits per heavy atom. The van der Waals surface area contributed by atoms with Crippen LogP contribution in [0, 0.1) is 6.92 Å². The molecular formula is C26H31F6N3O4. The highest BCUT2D eigenvalue weighted by Gasteiger charge is 2.38. The van der Waals surface area contributed by atoms with Gasteiger partial charge in [0.2, 0.25) is 0 Å². The van der Waals surface area contributed by atoms with Crippen LogP contribution >= 0.6 is 0 Å². The highest BCUT2D eigenvalue weighted by Crippen LogP contribution is 2.42. The van der Waals surface area contributed by atoms with Crippen molar-refractivity contribution in [2.45, 2.75) is 50.9 Å². The van der Waals surface area contributed by atoms with E-state index in [1.807, 2.05) is 4.90 Å². The van der Waals surface area contributed by atoms with E-state index < -0.39 is 41.1 Å². The molecule has 1 aromatic carbocycles. The summed E-state index contributed by atoms with van der Waals surface area (Å²) in [6, 6.07) is 2.46. The molecule has 39 heavy (non-hydrogen) atoms. The van der Waals surface area contributed by atoms with Gasteiger partial charge in [0.15, 0.2) is 0 Å². The number of β-amino-alcohol motifs (C(OH)–C–C–N with tert-alkyl or cyclic N) is 1. The van der Waals surface area contributed by atoms with E-state index >= 15 is 0 Å². The van der Waals surface area contributed by atoms with Crippen molar-refractivity contribution >= 4 is 5.91 Å². The monoisotopic (exact) mass is 563 g/mol. The summed E-state index contributed by atoms with van der Waals surface area (Å²) in [4.78, 5) is 15.1. The minimum atomic E-state index is -4.93. The maximum atomic E-state index is 13.9. The quantitative estimate of drug-likeness (QED) is 0.473. The standard InChI is InChI=1S/C26H31F6N3O4/c1-16-20(24(37)33-13-18(36)14-34-6-9-38-10-7-34)12-23(35(16)15-19-3-2-8-39-19)21-11-17(25(27,28)29)4-5-22(21)26(30,31)32/h4-5,11-12,18-19,36H,2-3,6-10,13-15H2,1H3,(H,33,37)/t18?,19-/m1/s1. The molecule has 2 aromatic rings. The van der Waals surface area contributed by atoms with E-state index in [0.717, 1.165) is 6.42 Å². The van der Waals surface area contributed by atoms with Gasteiger partial charge in [-0.25, -0.2) is 0 Å². The highest BCUT2D eigenvalue weighted by molar-refractivity contribution is 5.97. The van der Waals surface area contributed by atoms with Gasteiger partial charge >= 0.3 is 12.4 Å². The Balaban J connectivity index is 1.67. The number of amides is 1. The van der Waals surface area contributed by atoms with E-state index in [2.05, 4.69) is 5.32 Å². The minimum Gasteiger partial charge on any atom is -0.390 e.